The molecule has 17 heavy (non-hydrogen) atoms. The Morgan fingerprint density at radius 2 is 2.18 bits per heavy atom. The molecule has 0 saturated carbocycles. The predicted molar refractivity (Wildman–Crippen MR) is 79.9 cm³/mol. The molecule has 1 atom stereocenters. The smallest absolute Gasteiger partial charge is 0.0738 e. The third kappa shape index (κ3) is 4.00. The number of aryl methyl sites for hydroxylation is 2. The lowest BCUT2D eigenvalue weighted by Crippen LogP contribution is -2.31. The number of likely N-dealkylation sites (N-methyl/N-ethyl adjacent to an activating group) is 1. The zero-order valence-corrected chi connectivity index (χ0v) is 13.5. The van der Waals surface area contributed by atoms with E-state index in [2.05, 4.69) is 51.8 Å². The molecule has 0 aromatic carbocycles. The largest absolute Gasteiger partial charge is 0.316 e. The van der Waals surface area contributed by atoms with Crippen LogP contribution in [0.5, 0.6) is 0 Å². The first-order chi connectivity index (χ1) is 8.13. The van der Waals surface area contributed by atoms with E-state index in [1.807, 2.05) is 18.8 Å². The van der Waals surface area contributed by atoms with Crippen LogP contribution in [0, 0.1) is 6.92 Å². The number of nitrogens with zero attached hydrogens (tertiary/aromatic N) is 2. The molecule has 0 amide bonds. The Morgan fingerprint density at radius 3 is 2.71 bits per heavy atom. The molecule has 0 aliphatic heterocycles. The van der Waals surface area contributed by atoms with Crippen molar-refractivity contribution in [1.29, 1.82) is 0 Å². The Bertz CT molecular complexity index is 352. The van der Waals surface area contributed by atoms with Crippen molar-refractivity contribution in [1.82, 2.24) is 15.1 Å². The van der Waals surface area contributed by atoms with Crippen molar-refractivity contribution in [3.63, 3.8) is 0 Å². The van der Waals surface area contributed by atoms with E-state index in [-0.39, 0.29) is 0 Å². The maximum atomic E-state index is 4.53. The Hall–Kier alpha value is -0.0000000000000000763. The summed E-state index contributed by atoms with van der Waals surface area (Å²) in [5.74, 6) is 2.32. The maximum Gasteiger partial charge on any atom is 0.0738 e. The molecule has 0 bridgehead atoms. The molecule has 0 aliphatic rings. The fraction of sp³-hybridized carbons (Fsp3) is 0.750. The molecule has 1 aromatic rings. The van der Waals surface area contributed by atoms with Crippen molar-refractivity contribution in [2.45, 2.75) is 39.8 Å². The molecule has 5 heteroatoms. The molecule has 3 nitrogen and oxygen atoms in total. The minimum absolute atomic E-state index is 0.512. The summed E-state index contributed by atoms with van der Waals surface area (Å²) in [5, 5.41) is 7.92. The van der Waals surface area contributed by atoms with Gasteiger partial charge in [-0.15, -0.1) is 0 Å². The van der Waals surface area contributed by atoms with E-state index in [1.54, 1.807) is 0 Å². The van der Waals surface area contributed by atoms with Crippen molar-refractivity contribution < 1.29 is 0 Å². The molecule has 0 radical (unpaired) electrons. The molecule has 0 spiro atoms. The first-order valence-corrected chi connectivity index (χ1v) is 8.05. The summed E-state index contributed by atoms with van der Waals surface area (Å²) in [7, 11) is 2.04. The van der Waals surface area contributed by atoms with Crippen LogP contribution in [0.1, 0.15) is 25.2 Å². The molecular formula is C12H22BrN3S. The predicted octanol–water partition coefficient (Wildman–Crippen LogP) is 2.86. The van der Waals surface area contributed by atoms with Crippen molar-refractivity contribution in [3.05, 3.63) is 15.9 Å². The summed E-state index contributed by atoms with van der Waals surface area (Å²) >= 11 is 5.63. The summed E-state index contributed by atoms with van der Waals surface area (Å²) in [6.07, 6.45) is 1.03. The number of hydrogen-bond acceptors (Lipinski definition) is 3. The number of rotatable bonds is 7. The molecule has 1 unspecified atom stereocenters. The average Bonchev–Trinajstić information content (AvgIpc) is 2.61. The van der Waals surface area contributed by atoms with Gasteiger partial charge in [-0.2, -0.15) is 16.9 Å². The summed E-state index contributed by atoms with van der Waals surface area (Å²) < 4.78 is 3.27. The van der Waals surface area contributed by atoms with Crippen molar-refractivity contribution >= 4 is 27.7 Å². The van der Waals surface area contributed by atoms with Crippen LogP contribution < -0.4 is 5.32 Å². The second-order valence-corrected chi connectivity index (χ2v) is 6.12. The second kappa shape index (κ2) is 7.44. The van der Waals surface area contributed by atoms with Gasteiger partial charge in [-0.1, -0.05) is 6.92 Å². The van der Waals surface area contributed by atoms with Crippen molar-refractivity contribution in [3.8, 4) is 0 Å². The van der Waals surface area contributed by atoms with E-state index in [0.717, 1.165) is 24.4 Å². The minimum Gasteiger partial charge on any atom is -0.316 e. The Morgan fingerprint density at radius 1 is 1.47 bits per heavy atom. The van der Waals surface area contributed by atoms with E-state index in [9.17, 15) is 0 Å². The topological polar surface area (TPSA) is 29.9 Å². The Balaban J connectivity index is 2.77. The van der Waals surface area contributed by atoms with Gasteiger partial charge in [0, 0.05) is 24.8 Å². The molecule has 1 aromatic heterocycles. The molecule has 0 aliphatic carbocycles. The van der Waals surface area contributed by atoms with Gasteiger partial charge in [0.2, 0.25) is 0 Å². The zero-order valence-electron chi connectivity index (χ0n) is 11.1. The third-order valence-corrected chi connectivity index (χ3v) is 4.90. The van der Waals surface area contributed by atoms with E-state index in [4.69, 9.17) is 0 Å². The maximum absolute atomic E-state index is 4.53. The lowest BCUT2D eigenvalue weighted by molar-refractivity contribution is 0.555. The lowest BCUT2D eigenvalue weighted by atomic mass is 10.2. The highest BCUT2D eigenvalue weighted by Crippen LogP contribution is 2.23. The molecule has 0 saturated heterocycles. The lowest BCUT2D eigenvalue weighted by Gasteiger charge is -2.16. The Labute approximate surface area is 117 Å². The number of thioether (sulfide) groups is 1. The Kier molecular flexibility index (Phi) is 6.59. The van der Waals surface area contributed by atoms with Gasteiger partial charge in [0.05, 0.1) is 15.9 Å². The number of aromatic nitrogens is 2. The molecular weight excluding hydrogens is 298 g/mol. The second-order valence-electron chi connectivity index (χ2n) is 4.01. The normalized spacial score (nSPS) is 13.0. The molecule has 0 fully saturated rings. The van der Waals surface area contributed by atoms with Crippen LogP contribution in [0.4, 0.5) is 0 Å². The van der Waals surface area contributed by atoms with E-state index in [0.29, 0.717) is 6.04 Å². The van der Waals surface area contributed by atoms with Crippen LogP contribution in [0.25, 0.3) is 0 Å². The molecule has 1 rings (SSSR count). The monoisotopic (exact) mass is 319 g/mol. The van der Waals surface area contributed by atoms with E-state index < -0.39 is 0 Å². The molecule has 1 N–H and O–H groups in total. The van der Waals surface area contributed by atoms with Gasteiger partial charge < -0.3 is 5.32 Å². The van der Waals surface area contributed by atoms with Gasteiger partial charge in [-0.3, -0.25) is 4.68 Å². The summed E-state index contributed by atoms with van der Waals surface area (Å²) in [6, 6.07) is 0.512. The quantitative estimate of drug-likeness (QED) is 0.838. The standard InChI is InChI=1S/C12H22BrN3S/c1-5-16-11(12(13)9(3)15-16)7-10(14-4)8-17-6-2/h10,14H,5-8H2,1-4H3. The van der Waals surface area contributed by atoms with Crippen LogP contribution >= 0.6 is 27.7 Å². The average molecular weight is 320 g/mol. The number of hydrogen-bond donors (Lipinski definition) is 1. The summed E-state index contributed by atoms with van der Waals surface area (Å²) in [4.78, 5) is 0. The van der Waals surface area contributed by atoms with Gasteiger partial charge in [-0.05, 0) is 42.6 Å². The highest BCUT2D eigenvalue weighted by Gasteiger charge is 2.16. The van der Waals surface area contributed by atoms with Crippen LogP contribution in [0.2, 0.25) is 0 Å². The van der Waals surface area contributed by atoms with Crippen molar-refractivity contribution in [2.75, 3.05) is 18.6 Å². The molecule has 98 valence electrons. The summed E-state index contributed by atoms with van der Waals surface area (Å²) in [6.45, 7) is 7.32. The highest BCUT2D eigenvalue weighted by molar-refractivity contribution is 9.10. The van der Waals surface area contributed by atoms with Crippen LogP contribution in [0.3, 0.4) is 0 Å². The first kappa shape index (κ1) is 15.1. The van der Waals surface area contributed by atoms with E-state index in [1.165, 1.54) is 15.9 Å². The van der Waals surface area contributed by atoms with Gasteiger partial charge in [0.1, 0.15) is 0 Å². The zero-order chi connectivity index (χ0) is 12.8. The van der Waals surface area contributed by atoms with Crippen molar-refractivity contribution in [2.24, 2.45) is 0 Å². The fourth-order valence-corrected chi connectivity index (χ4v) is 3.05. The van der Waals surface area contributed by atoms with Gasteiger partial charge in [0.15, 0.2) is 0 Å². The SMILES string of the molecule is CCSCC(Cc1c(Br)c(C)nn1CC)NC. The number of nitrogens with one attached hydrogen (secondary N) is 1. The fourth-order valence-electron chi connectivity index (χ4n) is 1.80. The van der Waals surface area contributed by atoms with Crippen LogP contribution in [-0.2, 0) is 13.0 Å². The van der Waals surface area contributed by atoms with E-state index >= 15 is 0 Å². The van der Waals surface area contributed by atoms with Gasteiger partial charge >= 0.3 is 0 Å². The molecule has 1 heterocycles. The third-order valence-electron chi connectivity index (χ3n) is 2.82. The number of halogens is 1. The van der Waals surface area contributed by atoms with Crippen LogP contribution in [0.15, 0.2) is 4.47 Å². The van der Waals surface area contributed by atoms with Gasteiger partial charge in [0.25, 0.3) is 0 Å². The van der Waals surface area contributed by atoms with Gasteiger partial charge in [-0.25, -0.2) is 0 Å². The minimum atomic E-state index is 0.512. The summed E-state index contributed by atoms with van der Waals surface area (Å²) in [5.41, 5.74) is 2.39. The first-order valence-electron chi connectivity index (χ1n) is 6.10. The highest BCUT2D eigenvalue weighted by atomic mass is 79.9. The van der Waals surface area contributed by atoms with Crippen LogP contribution in [-0.4, -0.2) is 34.4 Å².